The summed E-state index contributed by atoms with van der Waals surface area (Å²) in [6, 6.07) is 13.4. The molecule has 0 bridgehead atoms. The van der Waals surface area contributed by atoms with Crippen LogP contribution in [-0.2, 0) is 15.1 Å². The van der Waals surface area contributed by atoms with E-state index >= 15 is 0 Å². The molecule has 156 valence electrons. The molecule has 8 nitrogen and oxygen atoms in total. The Morgan fingerprint density at radius 2 is 1.97 bits per heavy atom. The van der Waals surface area contributed by atoms with Crippen molar-refractivity contribution in [1.29, 1.82) is 0 Å². The second-order valence-corrected chi connectivity index (χ2v) is 7.41. The molecule has 0 radical (unpaired) electrons. The van der Waals surface area contributed by atoms with Crippen molar-refractivity contribution in [2.45, 2.75) is 12.0 Å². The largest absolute Gasteiger partial charge is 0.493 e. The molecule has 2 aliphatic rings. The average molecular weight is 430 g/mol. The van der Waals surface area contributed by atoms with Crippen molar-refractivity contribution < 1.29 is 23.9 Å². The normalized spacial score (nSPS) is 19.8. The Balaban J connectivity index is 1.34. The van der Waals surface area contributed by atoms with Crippen LogP contribution in [0.3, 0.4) is 0 Å². The van der Waals surface area contributed by atoms with Crippen LogP contribution in [0, 0.1) is 0 Å². The van der Waals surface area contributed by atoms with Gasteiger partial charge in [-0.3, -0.25) is 14.5 Å². The zero-order valence-electron chi connectivity index (χ0n) is 16.0. The van der Waals surface area contributed by atoms with Gasteiger partial charge in [-0.25, -0.2) is 4.79 Å². The van der Waals surface area contributed by atoms with Crippen LogP contribution >= 0.6 is 11.6 Å². The molecule has 4 rings (SSSR count). The molecular formula is C21H20ClN3O5. The Labute approximate surface area is 178 Å². The number of halogens is 1. The molecule has 0 saturated carbocycles. The summed E-state index contributed by atoms with van der Waals surface area (Å²) in [6.07, 6.45) is 0.307. The molecule has 30 heavy (non-hydrogen) atoms. The zero-order valence-corrected chi connectivity index (χ0v) is 16.8. The standard InChI is InChI=1S/C21H20ClN3O5/c22-14-5-7-15(8-6-14)29-12-10-23-18(26)13-25-19(27)21(24-20(25)28)9-11-30-17-4-2-1-3-16(17)21/h1-8H,9-13H2,(H,23,26)(H,24,28). The predicted octanol–water partition coefficient (Wildman–Crippen LogP) is 2.06. The molecule has 4 amide bonds. The highest BCUT2D eigenvalue weighted by molar-refractivity contribution is 6.30. The third-order valence-electron chi connectivity index (χ3n) is 5.07. The number of ether oxygens (including phenoxy) is 2. The quantitative estimate of drug-likeness (QED) is 0.541. The minimum atomic E-state index is -1.19. The third-order valence-corrected chi connectivity index (χ3v) is 5.32. The van der Waals surface area contributed by atoms with Crippen LogP contribution in [0.2, 0.25) is 5.02 Å². The molecule has 1 atom stereocenters. The van der Waals surface area contributed by atoms with Gasteiger partial charge in [-0.2, -0.15) is 0 Å². The molecule has 2 aromatic rings. The van der Waals surface area contributed by atoms with E-state index < -0.39 is 23.4 Å². The third kappa shape index (κ3) is 3.78. The maximum Gasteiger partial charge on any atom is 0.325 e. The van der Waals surface area contributed by atoms with Gasteiger partial charge in [0.15, 0.2) is 5.54 Å². The van der Waals surface area contributed by atoms with E-state index in [2.05, 4.69) is 10.6 Å². The number of imide groups is 1. The lowest BCUT2D eigenvalue weighted by Crippen LogP contribution is -2.48. The lowest BCUT2D eigenvalue weighted by molar-refractivity contribution is -0.136. The van der Waals surface area contributed by atoms with E-state index in [0.717, 1.165) is 4.90 Å². The number of para-hydroxylation sites is 1. The first kappa shape index (κ1) is 20.0. The number of benzene rings is 2. The maximum absolute atomic E-state index is 13.1. The van der Waals surface area contributed by atoms with Crippen molar-refractivity contribution in [3.8, 4) is 11.5 Å². The van der Waals surface area contributed by atoms with Crippen LogP contribution < -0.4 is 20.1 Å². The van der Waals surface area contributed by atoms with Crippen molar-refractivity contribution in [3.05, 3.63) is 59.1 Å². The second kappa shape index (κ2) is 8.23. The lowest BCUT2D eigenvalue weighted by atomic mass is 9.84. The van der Waals surface area contributed by atoms with Crippen molar-refractivity contribution in [2.75, 3.05) is 26.3 Å². The predicted molar refractivity (Wildman–Crippen MR) is 108 cm³/mol. The summed E-state index contributed by atoms with van der Waals surface area (Å²) in [5.41, 5.74) is -0.585. The summed E-state index contributed by atoms with van der Waals surface area (Å²) in [7, 11) is 0. The van der Waals surface area contributed by atoms with E-state index in [1.165, 1.54) is 0 Å². The summed E-state index contributed by atoms with van der Waals surface area (Å²) >= 11 is 5.82. The molecule has 2 N–H and O–H groups in total. The molecule has 1 unspecified atom stereocenters. The summed E-state index contributed by atoms with van der Waals surface area (Å²) in [4.78, 5) is 38.8. The number of hydrogen-bond acceptors (Lipinski definition) is 5. The molecule has 1 saturated heterocycles. The Morgan fingerprint density at radius 1 is 1.20 bits per heavy atom. The lowest BCUT2D eigenvalue weighted by Gasteiger charge is -2.33. The van der Waals surface area contributed by atoms with Crippen LogP contribution in [0.5, 0.6) is 11.5 Å². The van der Waals surface area contributed by atoms with Crippen molar-refractivity contribution in [3.63, 3.8) is 0 Å². The van der Waals surface area contributed by atoms with Crippen LogP contribution in [-0.4, -0.2) is 49.0 Å². The van der Waals surface area contributed by atoms with Gasteiger partial charge >= 0.3 is 6.03 Å². The molecule has 0 aromatic heterocycles. The molecule has 1 spiro atoms. The van der Waals surface area contributed by atoms with Crippen LogP contribution in [0.4, 0.5) is 4.79 Å². The van der Waals surface area contributed by atoms with Gasteiger partial charge in [0.25, 0.3) is 5.91 Å². The first-order valence-electron chi connectivity index (χ1n) is 9.51. The maximum atomic E-state index is 13.1. The van der Waals surface area contributed by atoms with Crippen LogP contribution in [0.15, 0.2) is 48.5 Å². The number of hydrogen-bond donors (Lipinski definition) is 2. The minimum Gasteiger partial charge on any atom is -0.493 e. The van der Waals surface area contributed by atoms with Gasteiger partial charge in [0.1, 0.15) is 24.7 Å². The van der Waals surface area contributed by atoms with Gasteiger partial charge in [-0.1, -0.05) is 29.8 Å². The number of carbonyl (C=O) groups excluding carboxylic acids is 3. The van der Waals surface area contributed by atoms with Gasteiger partial charge < -0.3 is 20.1 Å². The Bertz CT molecular complexity index is 981. The average Bonchev–Trinajstić information content (AvgIpc) is 2.97. The minimum absolute atomic E-state index is 0.229. The topological polar surface area (TPSA) is 97.0 Å². The molecule has 1 fully saturated rings. The Morgan fingerprint density at radius 3 is 2.77 bits per heavy atom. The van der Waals surface area contributed by atoms with E-state index in [1.54, 1.807) is 48.5 Å². The number of carbonyl (C=O) groups is 3. The number of nitrogens with one attached hydrogen (secondary N) is 2. The molecule has 2 heterocycles. The number of nitrogens with zero attached hydrogens (tertiary/aromatic N) is 1. The molecule has 2 aromatic carbocycles. The smallest absolute Gasteiger partial charge is 0.325 e. The van der Waals surface area contributed by atoms with Gasteiger partial charge in [0.05, 0.1) is 13.2 Å². The van der Waals surface area contributed by atoms with E-state index in [-0.39, 0.29) is 19.7 Å². The van der Waals surface area contributed by atoms with E-state index in [9.17, 15) is 14.4 Å². The highest BCUT2D eigenvalue weighted by Gasteiger charge is 2.55. The fourth-order valence-electron chi connectivity index (χ4n) is 3.61. The molecule has 0 aliphatic carbocycles. The number of rotatable bonds is 6. The van der Waals surface area contributed by atoms with E-state index in [0.29, 0.717) is 35.1 Å². The summed E-state index contributed by atoms with van der Waals surface area (Å²) in [5.74, 6) is 0.289. The SMILES string of the molecule is O=C(CN1C(=O)NC2(CCOc3ccccc32)C1=O)NCCOc1ccc(Cl)cc1. The highest BCUT2D eigenvalue weighted by Crippen LogP contribution is 2.40. The summed E-state index contributed by atoms with van der Waals surface area (Å²) in [5, 5.41) is 6.03. The van der Waals surface area contributed by atoms with Crippen LogP contribution in [0.1, 0.15) is 12.0 Å². The van der Waals surface area contributed by atoms with E-state index in [4.69, 9.17) is 21.1 Å². The van der Waals surface area contributed by atoms with Gasteiger partial charge in [-0.05, 0) is 30.3 Å². The number of amides is 4. The first-order chi connectivity index (χ1) is 14.5. The molecule has 9 heteroatoms. The fraction of sp³-hybridized carbons (Fsp3) is 0.286. The summed E-state index contributed by atoms with van der Waals surface area (Å²) in [6.45, 7) is 0.399. The second-order valence-electron chi connectivity index (χ2n) is 6.97. The monoisotopic (exact) mass is 429 g/mol. The molecule has 2 aliphatic heterocycles. The fourth-order valence-corrected chi connectivity index (χ4v) is 3.73. The summed E-state index contributed by atoms with van der Waals surface area (Å²) < 4.78 is 11.1. The van der Waals surface area contributed by atoms with Gasteiger partial charge in [0.2, 0.25) is 5.91 Å². The van der Waals surface area contributed by atoms with Gasteiger partial charge in [-0.15, -0.1) is 0 Å². The van der Waals surface area contributed by atoms with Gasteiger partial charge in [0, 0.05) is 17.0 Å². The van der Waals surface area contributed by atoms with E-state index in [1.807, 2.05) is 0 Å². The highest BCUT2D eigenvalue weighted by atomic mass is 35.5. The first-order valence-corrected chi connectivity index (χ1v) is 9.89. The van der Waals surface area contributed by atoms with Crippen molar-refractivity contribution in [1.82, 2.24) is 15.5 Å². The number of fused-ring (bicyclic) bond motifs is 2. The van der Waals surface area contributed by atoms with Crippen molar-refractivity contribution in [2.24, 2.45) is 0 Å². The Hall–Kier alpha value is -3.26. The van der Waals surface area contributed by atoms with Crippen molar-refractivity contribution >= 4 is 29.4 Å². The zero-order chi connectivity index (χ0) is 21.1. The molecular weight excluding hydrogens is 410 g/mol. The van der Waals surface area contributed by atoms with Crippen LogP contribution in [0.25, 0.3) is 0 Å². The Kier molecular flexibility index (Phi) is 5.50. The number of urea groups is 1.